The van der Waals surface area contributed by atoms with E-state index in [1.165, 1.54) is 25.8 Å². The highest BCUT2D eigenvalue weighted by Gasteiger charge is 2.33. The van der Waals surface area contributed by atoms with Crippen molar-refractivity contribution >= 4 is 52.1 Å². The lowest BCUT2D eigenvalue weighted by Gasteiger charge is -2.12. The number of aromatic nitrogens is 4. The minimum atomic E-state index is -4.66. The third kappa shape index (κ3) is 6.27. The third-order valence-electron chi connectivity index (χ3n) is 5.01. The number of ether oxygens (including phenoxy) is 2. The highest BCUT2D eigenvalue weighted by Crippen LogP contribution is 2.36. The maximum absolute atomic E-state index is 13.0. The lowest BCUT2D eigenvalue weighted by Crippen LogP contribution is -2.20. The Labute approximate surface area is 217 Å². The van der Waals surface area contributed by atoms with Gasteiger partial charge in [-0.25, -0.2) is 24.5 Å². The van der Waals surface area contributed by atoms with Crippen LogP contribution in [0.3, 0.4) is 0 Å². The number of fused-ring (bicyclic) bond motifs is 1. The largest absolute Gasteiger partial charge is 0.447 e. The number of imidazole rings is 1. The second-order valence-electron chi connectivity index (χ2n) is 7.58. The lowest BCUT2D eigenvalue weighted by atomic mass is 10.2. The number of carbonyl (C=O) groups is 2. The molecule has 0 radical (unpaired) electrons. The molecule has 15 heteroatoms. The molecule has 0 aliphatic rings. The van der Waals surface area contributed by atoms with Crippen molar-refractivity contribution in [3.05, 3.63) is 65.7 Å². The summed E-state index contributed by atoms with van der Waals surface area (Å²) in [7, 11) is 1.48. The summed E-state index contributed by atoms with van der Waals surface area (Å²) >= 11 is 5.60. The van der Waals surface area contributed by atoms with Gasteiger partial charge in [-0.15, -0.1) is 0 Å². The van der Waals surface area contributed by atoms with Crippen LogP contribution in [0.5, 0.6) is 0 Å². The Morgan fingerprint density at radius 3 is 2.39 bits per heavy atom. The van der Waals surface area contributed by atoms with Gasteiger partial charge in [-0.2, -0.15) is 13.2 Å². The average molecular weight is 550 g/mol. The van der Waals surface area contributed by atoms with Crippen LogP contribution in [0.4, 0.5) is 40.0 Å². The Kier molecular flexibility index (Phi) is 7.93. The molecule has 2 aromatic carbocycles. The van der Waals surface area contributed by atoms with E-state index >= 15 is 0 Å². The number of carbonyl (C=O) groups excluding carboxylic acids is 2. The quantitative estimate of drug-likeness (QED) is 0.265. The normalized spacial score (nSPS) is 11.3. The van der Waals surface area contributed by atoms with Crippen molar-refractivity contribution in [1.82, 2.24) is 19.5 Å². The van der Waals surface area contributed by atoms with E-state index < -0.39 is 28.9 Å². The van der Waals surface area contributed by atoms with Gasteiger partial charge in [0.05, 0.1) is 17.2 Å². The van der Waals surface area contributed by atoms with E-state index in [9.17, 15) is 22.8 Å². The molecule has 0 aliphatic heterocycles. The Morgan fingerprint density at radius 1 is 0.974 bits per heavy atom. The predicted molar refractivity (Wildman–Crippen MR) is 133 cm³/mol. The summed E-state index contributed by atoms with van der Waals surface area (Å²) in [4.78, 5) is 36.8. The number of methoxy groups -OCH3 is 1. The van der Waals surface area contributed by atoms with Crippen molar-refractivity contribution in [3.8, 4) is 5.69 Å². The van der Waals surface area contributed by atoms with Crippen molar-refractivity contribution in [2.24, 2.45) is 0 Å². The molecule has 198 valence electrons. The molecule has 0 bridgehead atoms. The van der Waals surface area contributed by atoms with Crippen LogP contribution in [0.25, 0.3) is 16.9 Å². The maximum atomic E-state index is 13.0. The zero-order chi connectivity index (χ0) is 27.3. The molecule has 0 spiro atoms. The van der Waals surface area contributed by atoms with Crippen LogP contribution >= 0.6 is 11.6 Å². The zero-order valence-corrected chi connectivity index (χ0v) is 20.3. The van der Waals surface area contributed by atoms with E-state index in [1.807, 2.05) is 0 Å². The standard InChI is InChI=1S/C23H19ClF3N7O4/c1-37-8-9-38-22(36)33-19-18-20(29-11-28-19)34(12-30-18)15-5-2-13(3-6-15)31-21(35)32-14-4-7-17(24)16(10-14)23(25,26)27/h2-7,10-12H,8-9H2,1H3,(H2,31,32,35)(H,28,29,33,36). The van der Waals surface area contributed by atoms with Crippen LogP contribution in [0.1, 0.15) is 5.56 Å². The summed E-state index contributed by atoms with van der Waals surface area (Å²) in [6, 6.07) is 8.80. The predicted octanol–water partition coefficient (Wildman–Crippen LogP) is 5.33. The minimum Gasteiger partial charge on any atom is -0.447 e. The number of hydrogen-bond acceptors (Lipinski definition) is 7. The highest BCUT2D eigenvalue weighted by atomic mass is 35.5. The molecule has 3 N–H and O–H groups in total. The molecule has 38 heavy (non-hydrogen) atoms. The van der Waals surface area contributed by atoms with Gasteiger partial charge in [-0.3, -0.25) is 9.88 Å². The molecule has 0 unspecified atom stereocenters. The number of halogens is 4. The van der Waals surface area contributed by atoms with E-state index in [2.05, 4.69) is 30.9 Å². The second-order valence-corrected chi connectivity index (χ2v) is 7.99. The summed E-state index contributed by atoms with van der Waals surface area (Å²) in [5.41, 5.74) is 0.578. The van der Waals surface area contributed by atoms with Gasteiger partial charge in [0.1, 0.15) is 19.3 Å². The minimum absolute atomic E-state index is 0.0672. The number of nitrogens with zero attached hydrogens (tertiary/aromatic N) is 4. The fourth-order valence-corrected chi connectivity index (χ4v) is 3.51. The van der Waals surface area contributed by atoms with Gasteiger partial charge in [0, 0.05) is 24.2 Å². The summed E-state index contributed by atoms with van der Waals surface area (Å²) < 4.78 is 50.6. The Balaban J connectivity index is 1.44. The smallest absolute Gasteiger partial charge is 0.417 e. The van der Waals surface area contributed by atoms with Gasteiger partial charge in [-0.1, -0.05) is 11.6 Å². The molecule has 4 rings (SSSR count). The first kappa shape index (κ1) is 26.6. The third-order valence-corrected chi connectivity index (χ3v) is 5.34. The van der Waals surface area contributed by atoms with Gasteiger partial charge in [0.2, 0.25) is 0 Å². The van der Waals surface area contributed by atoms with Crippen molar-refractivity contribution in [2.75, 3.05) is 36.3 Å². The Hall–Kier alpha value is -4.43. The monoisotopic (exact) mass is 549 g/mol. The molecule has 2 aromatic heterocycles. The van der Waals surface area contributed by atoms with Crippen LogP contribution in [-0.4, -0.2) is 52.0 Å². The second kappa shape index (κ2) is 11.3. The maximum Gasteiger partial charge on any atom is 0.417 e. The number of hydrogen-bond donors (Lipinski definition) is 3. The number of alkyl halides is 3. The van der Waals surface area contributed by atoms with Crippen LogP contribution in [-0.2, 0) is 15.7 Å². The van der Waals surface area contributed by atoms with Gasteiger partial charge >= 0.3 is 18.3 Å². The molecule has 0 saturated heterocycles. The van der Waals surface area contributed by atoms with Gasteiger partial charge in [0.25, 0.3) is 0 Å². The van der Waals surface area contributed by atoms with Gasteiger partial charge in [-0.05, 0) is 42.5 Å². The van der Waals surface area contributed by atoms with E-state index in [-0.39, 0.29) is 24.7 Å². The summed E-state index contributed by atoms with van der Waals surface area (Å²) in [6.45, 7) is 0.311. The van der Waals surface area contributed by atoms with Gasteiger partial charge in [0.15, 0.2) is 17.0 Å². The van der Waals surface area contributed by atoms with Crippen LogP contribution in [0.2, 0.25) is 5.02 Å². The van der Waals surface area contributed by atoms with Crippen LogP contribution < -0.4 is 16.0 Å². The number of amides is 3. The summed E-state index contributed by atoms with van der Waals surface area (Å²) in [5, 5.41) is 6.92. The molecule has 0 fully saturated rings. The van der Waals surface area contributed by atoms with E-state index in [0.717, 1.165) is 12.1 Å². The number of anilines is 3. The molecule has 11 nitrogen and oxygen atoms in total. The van der Waals surface area contributed by atoms with Crippen molar-refractivity contribution in [1.29, 1.82) is 0 Å². The Morgan fingerprint density at radius 2 is 1.68 bits per heavy atom. The SMILES string of the molecule is COCCOC(=O)Nc1ncnc2c1ncn2-c1ccc(NC(=O)Nc2ccc(Cl)c(C(F)(F)F)c2)cc1. The van der Waals surface area contributed by atoms with E-state index in [4.69, 9.17) is 21.1 Å². The first-order chi connectivity index (χ1) is 18.2. The summed E-state index contributed by atoms with van der Waals surface area (Å²) in [6.07, 6.45) is -2.65. The van der Waals surface area contributed by atoms with E-state index in [1.54, 1.807) is 28.8 Å². The molecular weight excluding hydrogens is 531 g/mol. The van der Waals surface area contributed by atoms with Crippen molar-refractivity contribution < 1.29 is 32.2 Å². The van der Waals surface area contributed by atoms with E-state index in [0.29, 0.717) is 22.5 Å². The van der Waals surface area contributed by atoms with Crippen LogP contribution in [0, 0.1) is 0 Å². The topological polar surface area (TPSA) is 132 Å². The number of benzene rings is 2. The van der Waals surface area contributed by atoms with Crippen molar-refractivity contribution in [2.45, 2.75) is 6.18 Å². The molecule has 0 aliphatic carbocycles. The van der Waals surface area contributed by atoms with Crippen molar-refractivity contribution in [3.63, 3.8) is 0 Å². The fraction of sp³-hybridized carbons (Fsp3) is 0.174. The molecular formula is C23H19ClF3N7O4. The Bertz CT molecular complexity index is 1460. The number of urea groups is 1. The van der Waals surface area contributed by atoms with Crippen LogP contribution in [0.15, 0.2) is 55.1 Å². The first-order valence-electron chi connectivity index (χ1n) is 10.8. The molecule has 4 aromatic rings. The molecule has 0 atom stereocenters. The van der Waals surface area contributed by atoms with Gasteiger partial charge < -0.3 is 20.1 Å². The number of nitrogens with one attached hydrogen (secondary N) is 3. The zero-order valence-electron chi connectivity index (χ0n) is 19.5. The first-order valence-corrected chi connectivity index (χ1v) is 11.2. The molecule has 2 heterocycles. The molecule has 0 saturated carbocycles. The fourth-order valence-electron chi connectivity index (χ4n) is 3.28. The lowest BCUT2D eigenvalue weighted by molar-refractivity contribution is -0.137. The number of rotatable bonds is 7. The molecule has 3 amide bonds. The average Bonchev–Trinajstić information content (AvgIpc) is 3.30. The summed E-state index contributed by atoms with van der Waals surface area (Å²) in [5.74, 6) is 0.155. The highest BCUT2D eigenvalue weighted by molar-refractivity contribution is 6.31.